The number of aliphatic hydroxyl groups excluding tert-OH is 1. The summed E-state index contributed by atoms with van der Waals surface area (Å²) >= 11 is 5.33. The van der Waals surface area contributed by atoms with Crippen LogP contribution in [0, 0.1) is 10.1 Å². The number of alkyl halides is 2. The van der Waals surface area contributed by atoms with Crippen LogP contribution in [0.3, 0.4) is 0 Å². The van der Waals surface area contributed by atoms with Gasteiger partial charge in [-0.05, 0) is 0 Å². The predicted molar refractivity (Wildman–Crippen MR) is 46.8 cm³/mol. The molecular formula is C7H5ClF2N2O3. The van der Waals surface area contributed by atoms with Crippen molar-refractivity contribution >= 4 is 17.3 Å². The minimum Gasteiger partial charge on any atom is -0.392 e. The van der Waals surface area contributed by atoms with Gasteiger partial charge in [-0.15, -0.1) is 0 Å². The van der Waals surface area contributed by atoms with Crippen LogP contribution in [0.5, 0.6) is 0 Å². The number of aliphatic hydroxyl groups is 1. The van der Waals surface area contributed by atoms with Crippen molar-refractivity contribution < 1.29 is 18.8 Å². The smallest absolute Gasteiger partial charge is 0.306 e. The van der Waals surface area contributed by atoms with Crippen LogP contribution in [0.2, 0.25) is 5.15 Å². The SMILES string of the molecule is O=[N+]([O-])c1cc(CO)c(C(F)F)nc1Cl. The molecule has 8 heteroatoms. The fourth-order valence-corrected chi connectivity index (χ4v) is 1.19. The van der Waals surface area contributed by atoms with E-state index >= 15 is 0 Å². The van der Waals surface area contributed by atoms with Gasteiger partial charge in [-0.1, -0.05) is 11.6 Å². The Morgan fingerprint density at radius 3 is 2.67 bits per heavy atom. The fourth-order valence-electron chi connectivity index (χ4n) is 0.977. The number of aromatic nitrogens is 1. The number of hydrogen-bond acceptors (Lipinski definition) is 4. The summed E-state index contributed by atoms with van der Waals surface area (Å²) in [4.78, 5) is 12.7. The lowest BCUT2D eigenvalue weighted by atomic mass is 10.2. The standard InChI is InChI=1S/C7H5ClF2N2O3/c8-6-4(12(14)15)1-3(2-13)5(11-6)7(9)10/h1,7,13H,2H2. The van der Waals surface area contributed by atoms with Gasteiger partial charge in [0, 0.05) is 11.6 Å². The van der Waals surface area contributed by atoms with Crippen LogP contribution >= 0.6 is 11.6 Å². The average Bonchev–Trinajstić information content (AvgIpc) is 2.16. The highest BCUT2D eigenvalue weighted by Crippen LogP contribution is 2.29. The molecule has 1 heterocycles. The Kier molecular flexibility index (Phi) is 3.48. The van der Waals surface area contributed by atoms with Crippen LogP contribution in [0.4, 0.5) is 14.5 Å². The van der Waals surface area contributed by atoms with Crippen LogP contribution < -0.4 is 0 Å². The van der Waals surface area contributed by atoms with E-state index in [1.165, 1.54) is 0 Å². The maximum atomic E-state index is 12.3. The first-order valence-electron chi connectivity index (χ1n) is 3.70. The second-order valence-corrected chi connectivity index (χ2v) is 2.92. The largest absolute Gasteiger partial charge is 0.392 e. The van der Waals surface area contributed by atoms with Gasteiger partial charge in [0.05, 0.1) is 11.5 Å². The van der Waals surface area contributed by atoms with Crippen molar-refractivity contribution in [2.75, 3.05) is 0 Å². The minimum atomic E-state index is -2.94. The van der Waals surface area contributed by atoms with Crippen LogP contribution in [0.15, 0.2) is 6.07 Å². The lowest BCUT2D eigenvalue weighted by Gasteiger charge is -2.05. The van der Waals surface area contributed by atoms with E-state index in [-0.39, 0.29) is 5.56 Å². The van der Waals surface area contributed by atoms with Gasteiger partial charge in [0.15, 0.2) is 0 Å². The summed E-state index contributed by atoms with van der Waals surface area (Å²) in [6.07, 6.45) is -2.94. The highest BCUT2D eigenvalue weighted by molar-refractivity contribution is 6.31. The molecule has 0 radical (unpaired) electrons. The second kappa shape index (κ2) is 4.45. The highest BCUT2D eigenvalue weighted by Gasteiger charge is 2.22. The fraction of sp³-hybridized carbons (Fsp3) is 0.286. The average molecular weight is 239 g/mol. The van der Waals surface area contributed by atoms with Gasteiger partial charge in [-0.3, -0.25) is 10.1 Å². The first kappa shape index (κ1) is 11.7. The molecule has 0 aliphatic heterocycles. The molecule has 0 unspecified atom stereocenters. The van der Waals surface area contributed by atoms with E-state index < -0.39 is 34.5 Å². The van der Waals surface area contributed by atoms with Crippen molar-refractivity contribution in [3.63, 3.8) is 0 Å². The molecule has 0 saturated heterocycles. The van der Waals surface area contributed by atoms with Gasteiger partial charge in [-0.25, -0.2) is 13.8 Å². The topological polar surface area (TPSA) is 76.3 Å². The second-order valence-electron chi connectivity index (χ2n) is 2.56. The minimum absolute atomic E-state index is 0.305. The Balaban J connectivity index is 3.35. The number of hydrogen-bond donors (Lipinski definition) is 1. The lowest BCUT2D eigenvalue weighted by molar-refractivity contribution is -0.385. The maximum Gasteiger partial charge on any atom is 0.306 e. The van der Waals surface area contributed by atoms with Gasteiger partial charge >= 0.3 is 5.69 Å². The molecule has 0 bridgehead atoms. The zero-order chi connectivity index (χ0) is 11.6. The van der Waals surface area contributed by atoms with Gasteiger partial charge in [0.2, 0.25) is 5.15 Å². The van der Waals surface area contributed by atoms with Gasteiger partial charge < -0.3 is 5.11 Å². The molecule has 0 spiro atoms. The van der Waals surface area contributed by atoms with E-state index in [9.17, 15) is 18.9 Å². The normalized spacial score (nSPS) is 10.7. The number of rotatable bonds is 3. The zero-order valence-corrected chi connectivity index (χ0v) is 7.91. The third-order valence-electron chi connectivity index (χ3n) is 1.64. The molecule has 0 aliphatic carbocycles. The van der Waals surface area contributed by atoms with Crippen LogP contribution in [-0.2, 0) is 6.61 Å². The summed E-state index contributed by atoms with van der Waals surface area (Å²) in [5, 5.41) is 18.5. The summed E-state index contributed by atoms with van der Waals surface area (Å²) in [6, 6.07) is 0.789. The van der Waals surface area contributed by atoms with Crippen molar-refractivity contribution in [3.05, 3.63) is 32.6 Å². The Bertz CT molecular complexity index is 400. The third-order valence-corrected chi connectivity index (χ3v) is 1.92. The van der Waals surface area contributed by atoms with Crippen LogP contribution in [-0.4, -0.2) is 15.0 Å². The van der Waals surface area contributed by atoms with Crippen molar-refractivity contribution in [2.24, 2.45) is 0 Å². The third kappa shape index (κ3) is 2.37. The molecule has 82 valence electrons. The van der Waals surface area contributed by atoms with Crippen molar-refractivity contribution in [1.82, 2.24) is 4.98 Å². The monoisotopic (exact) mass is 238 g/mol. The molecule has 0 saturated carbocycles. The Morgan fingerprint density at radius 2 is 2.27 bits per heavy atom. The number of pyridine rings is 1. The van der Waals surface area contributed by atoms with E-state index in [0.717, 1.165) is 6.07 Å². The van der Waals surface area contributed by atoms with Gasteiger partial charge in [-0.2, -0.15) is 0 Å². The Morgan fingerprint density at radius 1 is 1.67 bits per heavy atom. The Labute approximate surface area is 87.5 Å². The summed E-state index contributed by atoms with van der Waals surface area (Å²) in [7, 11) is 0. The van der Waals surface area contributed by atoms with Crippen molar-refractivity contribution in [1.29, 1.82) is 0 Å². The predicted octanol–water partition coefficient (Wildman–Crippen LogP) is 2.07. The van der Waals surface area contributed by atoms with E-state index in [2.05, 4.69) is 4.98 Å². The van der Waals surface area contributed by atoms with Crippen molar-refractivity contribution in [2.45, 2.75) is 13.0 Å². The quantitative estimate of drug-likeness (QED) is 0.497. The van der Waals surface area contributed by atoms with E-state index in [1.807, 2.05) is 0 Å². The van der Waals surface area contributed by atoms with E-state index in [1.54, 1.807) is 0 Å². The van der Waals surface area contributed by atoms with Crippen LogP contribution in [0.25, 0.3) is 0 Å². The molecule has 1 N–H and O–H groups in total. The van der Waals surface area contributed by atoms with Gasteiger partial charge in [0.1, 0.15) is 5.69 Å². The molecule has 0 atom stereocenters. The summed E-state index contributed by atoms with van der Waals surface area (Å²) in [5.41, 5.74) is -1.65. The number of halogens is 3. The first-order chi connectivity index (χ1) is 6.97. The molecule has 0 amide bonds. The molecule has 15 heavy (non-hydrogen) atoms. The van der Waals surface area contributed by atoms with E-state index in [4.69, 9.17) is 16.7 Å². The first-order valence-corrected chi connectivity index (χ1v) is 4.08. The molecule has 0 fully saturated rings. The van der Waals surface area contributed by atoms with Crippen molar-refractivity contribution in [3.8, 4) is 0 Å². The molecule has 0 aromatic carbocycles. The summed E-state index contributed by atoms with van der Waals surface area (Å²) < 4.78 is 24.7. The number of nitrogens with zero attached hydrogens (tertiary/aromatic N) is 2. The molecule has 1 aromatic rings. The molecular weight excluding hydrogens is 234 g/mol. The van der Waals surface area contributed by atoms with E-state index in [0.29, 0.717) is 0 Å². The highest BCUT2D eigenvalue weighted by atomic mass is 35.5. The molecule has 1 aromatic heterocycles. The van der Waals surface area contributed by atoms with Gasteiger partial charge in [0.25, 0.3) is 6.43 Å². The Hall–Kier alpha value is -1.34. The molecule has 5 nitrogen and oxygen atoms in total. The molecule has 1 rings (SSSR count). The van der Waals surface area contributed by atoms with Crippen LogP contribution in [0.1, 0.15) is 17.7 Å². The maximum absolute atomic E-state index is 12.3. The summed E-state index contributed by atoms with van der Waals surface area (Å²) in [5.74, 6) is 0. The molecule has 0 aliphatic rings. The zero-order valence-electron chi connectivity index (χ0n) is 7.15. The number of nitro groups is 1. The lowest BCUT2D eigenvalue weighted by Crippen LogP contribution is -2.02. The summed E-state index contributed by atoms with van der Waals surface area (Å²) in [6.45, 7) is -0.759.